The maximum absolute atomic E-state index is 14.1. The van der Waals surface area contributed by atoms with Crippen molar-refractivity contribution in [2.24, 2.45) is 5.92 Å². The van der Waals surface area contributed by atoms with Gasteiger partial charge in [-0.15, -0.1) is 0 Å². The minimum absolute atomic E-state index is 0.0903. The molecule has 1 saturated heterocycles. The Hall–Kier alpha value is -2.86. The molecule has 242 valence electrons. The summed E-state index contributed by atoms with van der Waals surface area (Å²) in [6.45, 7) is 5.15. The Balaban J connectivity index is 1.32. The zero-order valence-corrected chi connectivity index (χ0v) is 27.5. The number of ether oxygens (including phenoxy) is 3. The highest BCUT2D eigenvalue weighted by Gasteiger charge is 2.50. The number of unbranched alkanes of at least 4 members (excludes halogenated alkanes) is 10. The molecule has 4 rings (SSSR count). The Kier molecular flexibility index (Phi) is 13.6. The van der Waals surface area contributed by atoms with Crippen LogP contribution in [0.1, 0.15) is 125 Å². The van der Waals surface area contributed by atoms with Crippen molar-refractivity contribution in [1.82, 2.24) is 4.90 Å². The molecule has 6 nitrogen and oxygen atoms in total. The monoisotopic (exact) mass is 605 g/mol. The maximum Gasteiger partial charge on any atom is 0.306 e. The molecule has 2 aromatic rings. The fourth-order valence-corrected chi connectivity index (χ4v) is 7.06. The number of rotatable bonds is 19. The quantitative estimate of drug-likeness (QED) is 0.118. The van der Waals surface area contributed by atoms with Crippen LogP contribution >= 0.6 is 0 Å². The number of hydrogen-bond donors (Lipinski definition) is 0. The minimum Gasteiger partial charge on any atom is -0.493 e. The van der Waals surface area contributed by atoms with Gasteiger partial charge in [-0.2, -0.15) is 0 Å². The van der Waals surface area contributed by atoms with Crippen LogP contribution in [-0.4, -0.2) is 49.6 Å². The van der Waals surface area contributed by atoms with Crippen molar-refractivity contribution < 1.29 is 23.8 Å². The number of methoxy groups -OCH3 is 2. The van der Waals surface area contributed by atoms with Gasteiger partial charge in [-0.3, -0.25) is 14.5 Å². The van der Waals surface area contributed by atoms with Gasteiger partial charge in [-0.25, -0.2) is 0 Å². The molecule has 1 atom stereocenters. The number of piperidine rings is 1. The standard InChI is InChI=1S/C38H55NO5/c1-4-5-6-7-8-9-10-11-12-13-17-20-36(40)44-38(28-32-25-34(42-2)35(43-3)26-33(32)37(38)41)27-30-21-23-39(24-22-30)29-31-18-15-14-16-19-31/h14-16,18-19,25-26,30H,4-13,17,20-24,27-29H2,1-3H3. The van der Waals surface area contributed by atoms with Crippen LogP contribution in [0.25, 0.3) is 0 Å². The molecule has 0 radical (unpaired) electrons. The van der Waals surface area contributed by atoms with Crippen LogP contribution in [0.4, 0.5) is 0 Å². The molecule has 0 spiro atoms. The number of fused-ring (bicyclic) bond motifs is 1. The van der Waals surface area contributed by atoms with E-state index < -0.39 is 5.60 Å². The van der Waals surface area contributed by atoms with E-state index in [1.165, 1.54) is 56.9 Å². The molecule has 1 aliphatic heterocycles. The summed E-state index contributed by atoms with van der Waals surface area (Å²) in [5.74, 6) is 1.10. The van der Waals surface area contributed by atoms with Gasteiger partial charge in [0, 0.05) is 24.9 Å². The van der Waals surface area contributed by atoms with Gasteiger partial charge in [0.2, 0.25) is 5.78 Å². The number of ketones is 1. The van der Waals surface area contributed by atoms with Crippen molar-refractivity contribution in [1.29, 1.82) is 0 Å². The number of benzene rings is 2. The Morgan fingerprint density at radius 1 is 0.841 bits per heavy atom. The maximum atomic E-state index is 14.1. The molecular weight excluding hydrogens is 550 g/mol. The van der Waals surface area contributed by atoms with Crippen molar-refractivity contribution >= 4 is 11.8 Å². The number of carbonyl (C=O) groups is 2. The first-order chi connectivity index (χ1) is 21.5. The van der Waals surface area contributed by atoms with Gasteiger partial charge in [0.05, 0.1) is 14.2 Å². The van der Waals surface area contributed by atoms with Gasteiger partial charge in [-0.05, 0) is 68.0 Å². The van der Waals surface area contributed by atoms with Gasteiger partial charge in [-0.1, -0.05) is 101 Å². The lowest BCUT2D eigenvalue weighted by Crippen LogP contribution is -2.45. The van der Waals surface area contributed by atoms with E-state index in [4.69, 9.17) is 14.2 Å². The predicted octanol–water partition coefficient (Wildman–Crippen LogP) is 8.73. The van der Waals surface area contributed by atoms with Crippen LogP contribution in [0.5, 0.6) is 11.5 Å². The Morgan fingerprint density at radius 2 is 1.43 bits per heavy atom. The fourth-order valence-electron chi connectivity index (χ4n) is 7.06. The van der Waals surface area contributed by atoms with Crippen LogP contribution in [0, 0.1) is 5.92 Å². The summed E-state index contributed by atoms with van der Waals surface area (Å²) < 4.78 is 17.3. The molecular formula is C38H55NO5. The second-order valence-corrected chi connectivity index (χ2v) is 13.0. The molecule has 1 aliphatic carbocycles. The van der Waals surface area contributed by atoms with Crippen molar-refractivity contribution in [2.45, 2.75) is 122 Å². The van der Waals surface area contributed by atoms with E-state index in [0.717, 1.165) is 57.3 Å². The first-order valence-corrected chi connectivity index (χ1v) is 17.3. The highest BCUT2D eigenvalue weighted by molar-refractivity contribution is 6.08. The summed E-state index contributed by atoms with van der Waals surface area (Å²) in [5, 5.41) is 0. The van der Waals surface area contributed by atoms with E-state index in [1.54, 1.807) is 20.3 Å². The molecule has 0 saturated carbocycles. The van der Waals surface area contributed by atoms with Crippen LogP contribution in [0.15, 0.2) is 42.5 Å². The predicted molar refractivity (Wildman–Crippen MR) is 177 cm³/mol. The highest BCUT2D eigenvalue weighted by Crippen LogP contribution is 2.44. The molecule has 1 heterocycles. The second kappa shape index (κ2) is 17.6. The lowest BCUT2D eigenvalue weighted by molar-refractivity contribution is -0.156. The molecule has 0 amide bonds. The van der Waals surface area contributed by atoms with Crippen molar-refractivity contribution in [3.05, 3.63) is 59.2 Å². The molecule has 1 fully saturated rings. The van der Waals surface area contributed by atoms with Crippen LogP contribution in [-0.2, 0) is 22.5 Å². The SMILES string of the molecule is CCCCCCCCCCCCCC(=O)OC1(CC2CCN(Cc3ccccc3)CC2)Cc2cc(OC)c(OC)cc2C1=O. The third-order valence-corrected chi connectivity index (χ3v) is 9.61. The number of nitrogens with zero attached hydrogens (tertiary/aromatic N) is 1. The minimum atomic E-state index is -1.15. The summed E-state index contributed by atoms with van der Waals surface area (Å²) in [7, 11) is 3.18. The molecule has 0 N–H and O–H groups in total. The molecule has 2 aromatic carbocycles. The molecule has 0 aromatic heterocycles. The highest BCUT2D eigenvalue weighted by atomic mass is 16.6. The zero-order valence-electron chi connectivity index (χ0n) is 27.5. The smallest absolute Gasteiger partial charge is 0.306 e. The molecule has 0 bridgehead atoms. The lowest BCUT2D eigenvalue weighted by Gasteiger charge is -2.36. The Labute approximate surface area is 265 Å². The largest absolute Gasteiger partial charge is 0.493 e. The number of esters is 1. The molecule has 44 heavy (non-hydrogen) atoms. The number of hydrogen-bond acceptors (Lipinski definition) is 6. The normalized spacial score (nSPS) is 18.8. The van der Waals surface area contributed by atoms with E-state index in [2.05, 4.69) is 42.2 Å². The first kappa shape index (κ1) is 34.0. The van der Waals surface area contributed by atoms with E-state index in [1.807, 2.05) is 6.07 Å². The molecule has 2 aliphatic rings. The molecule has 1 unspecified atom stereocenters. The van der Waals surface area contributed by atoms with Gasteiger partial charge in [0.25, 0.3) is 0 Å². The van der Waals surface area contributed by atoms with Crippen LogP contribution < -0.4 is 9.47 Å². The van der Waals surface area contributed by atoms with Crippen molar-refractivity contribution in [2.75, 3.05) is 27.3 Å². The van der Waals surface area contributed by atoms with Crippen LogP contribution in [0.3, 0.4) is 0 Å². The van der Waals surface area contributed by atoms with Gasteiger partial charge in [0.15, 0.2) is 17.1 Å². The Bertz CT molecular complexity index is 1170. The summed E-state index contributed by atoms with van der Waals surface area (Å²) in [6.07, 6.45) is 16.8. The Morgan fingerprint density at radius 3 is 2.05 bits per heavy atom. The second-order valence-electron chi connectivity index (χ2n) is 13.0. The van der Waals surface area contributed by atoms with Crippen LogP contribution in [0.2, 0.25) is 0 Å². The number of Topliss-reactive ketones (excluding diaryl/α,β-unsaturated/α-hetero) is 1. The third kappa shape index (κ3) is 9.57. The van der Waals surface area contributed by atoms with Gasteiger partial charge in [0.1, 0.15) is 0 Å². The van der Waals surface area contributed by atoms with Gasteiger partial charge < -0.3 is 14.2 Å². The molecule has 6 heteroatoms. The summed E-state index contributed by atoms with van der Waals surface area (Å²) in [5.41, 5.74) is 1.63. The first-order valence-electron chi connectivity index (χ1n) is 17.3. The zero-order chi connectivity index (χ0) is 31.2. The average Bonchev–Trinajstić information content (AvgIpc) is 3.29. The summed E-state index contributed by atoms with van der Waals surface area (Å²) in [6, 6.07) is 14.2. The van der Waals surface area contributed by atoms with Gasteiger partial charge >= 0.3 is 5.97 Å². The van der Waals surface area contributed by atoms with E-state index in [0.29, 0.717) is 42.2 Å². The topological polar surface area (TPSA) is 65.1 Å². The average molecular weight is 606 g/mol. The van der Waals surface area contributed by atoms with E-state index in [9.17, 15) is 9.59 Å². The van der Waals surface area contributed by atoms with E-state index >= 15 is 0 Å². The summed E-state index contributed by atoms with van der Waals surface area (Å²) in [4.78, 5) is 29.8. The number of likely N-dealkylation sites (tertiary alicyclic amines) is 1. The number of carbonyl (C=O) groups excluding carboxylic acids is 2. The van der Waals surface area contributed by atoms with Crippen molar-refractivity contribution in [3.63, 3.8) is 0 Å². The fraction of sp³-hybridized carbons (Fsp3) is 0.632. The summed E-state index contributed by atoms with van der Waals surface area (Å²) >= 11 is 0. The van der Waals surface area contributed by atoms with E-state index in [-0.39, 0.29) is 11.8 Å². The third-order valence-electron chi connectivity index (χ3n) is 9.61. The van der Waals surface area contributed by atoms with Crippen molar-refractivity contribution in [3.8, 4) is 11.5 Å². The lowest BCUT2D eigenvalue weighted by atomic mass is 9.82.